The van der Waals surface area contributed by atoms with E-state index < -0.39 is 0 Å². The maximum Gasteiger partial charge on any atom is 0.123 e. The first kappa shape index (κ1) is 14.4. The van der Waals surface area contributed by atoms with Crippen LogP contribution in [-0.4, -0.2) is 25.1 Å². The Kier molecular flexibility index (Phi) is 4.83. The van der Waals surface area contributed by atoms with E-state index in [1.165, 1.54) is 30.6 Å². The number of likely N-dealkylation sites (tertiary alicyclic amines) is 1. The molecule has 3 heteroatoms. The average molecular weight is 262 g/mol. The van der Waals surface area contributed by atoms with Gasteiger partial charge in [0.05, 0.1) is 7.11 Å². The number of hydrogen-bond acceptors (Lipinski definition) is 3. The van der Waals surface area contributed by atoms with E-state index in [-0.39, 0.29) is 0 Å². The lowest BCUT2D eigenvalue weighted by molar-refractivity contribution is 0.131. The quantitative estimate of drug-likeness (QED) is 0.906. The molecule has 1 aliphatic heterocycles. The van der Waals surface area contributed by atoms with E-state index in [9.17, 15) is 0 Å². The van der Waals surface area contributed by atoms with Gasteiger partial charge in [-0.05, 0) is 42.5 Å². The van der Waals surface area contributed by atoms with Gasteiger partial charge in [-0.1, -0.05) is 19.9 Å². The van der Waals surface area contributed by atoms with Crippen LogP contribution < -0.4 is 10.5 Å². The number of methoxy groups -OCH3 is 1. The molecule has 0 saturated carbocycles. The van der Waals surface area contributed by atoms with Crippen LogP contribution >= 0.6 is 0 Å². The summed E-state index contributed by atoms with van der Waals surface area (Å²) in [4.78, 5) is 2.53. The second kappa shape index (κ2) is 6.40. The van der Waals surface area contributed by atoms with Crippen LogP contribution in [0.2, 0.25) is 0 Å². The number of benzene rings is 1. The molecule has 2 N–H and O–H groups in total. The van der Waals surface area contributed by atoms with Crippen molar-refractivity contribution in [2.75, 3.05) is 20.2 Å². The van der Waals surface area contributed by atoms with E-state index in [4.69, 9.17) is 10.5 Å². The van der Waals surface area contributed by atoms with Gasteiger partial charge in [-0.2, -0.15) is 0 Å². The molecule has 1 fully saturated rings. The lowest BCUT2D eigenvalue weighted by atomic mass is 9.88. The van der Waals surface area contributed by atoms with Gasteiger partial charge in [-0.15, -0.1) is 0 Å². The molecule has 1 aromatic carbocycles. The molecular weight excluding hydrogens is 236 g/mol. The minimum Gasteiger partial charge on any atom is -0.496 e. The van der Waals surface area contributed by atoms with Crippen molar-refractivity contribution in [1.82, 2.24) is 4.90 Å². The monoisotopic (exact) mass is 262 g/mol. The zero-order valence-electron chi connectivity index (χ0n) is 12.4. The standard InChI is InChI=1S/C16H26N2O/c1-12-6-7-18(10-13(12)2)11-15-8-14(9-17)4-5-16(15)19-3/h4-5,8,12-13H,6-7,9-11,17H2,1-3H3. The molecule has 106 valence electrons. The zero-order valence-corrected chi connectivity index (χ0v) is 12.4. The summed E-state index contributed by atoms with van der Waals surface area (Å²) in [6.07, 6.45) is 1.29. The first-order chi connectivity index (χ1) is 9.13. The smallest absolute Gasteiger partial charge is 0.123 e. The van der Waals surface area contributed by atoms with E-state index in [1.807, 2.05) is 12.1 Å². The zero-order chi connectivity index (χ0) is 13.8. The second-order valence-electron chi connectivity index (χ2n) is 5.83. The van der Waals surface area contributed by atoms with E-state index >= 15 is 0 Å². The largest absolute Gasteiger partial charge is 0.496 e. The molecule has 2 unspecified atom stereocenters. The molecule has 3 nitrogen and oxygen atoms in total. The van der Waals surface area contributed by atoms with Gasteiger partial charge < -0.3 is 10.5 Å². The van der Waals surface area contributed by atoms with Crippen LogP contribution in [0.1, 0.15) is 31.4 Å². The summed E-state index contributed by atoms with van der Waals surface area (Å²) in [5.74, 6) is 2.59. The van der Waals surface area contributed by atoms with Crippen molar-refractivity contribution in [3.63, 3.8) is 0 Å². The molecule has 2 atom stereocenters. The van der Waals surface area contributed by atoms with Gasteiger partial charge in [0.15, 0.2) is 0 Å². The number of ether oxygens (including phenoxy) is 1. The fourth-order valence-corrected chi connectivity index (χ4v) is 2.82. The summed E-state index contributed by atoms with van der Waals surface area (Å²) < 4.78 is 5.47. The summed E-state index contributed by atoms with van der Waals surface area (Å²) in [5.41, 5.74) is 8.16. The predicted octanol–water partition coefficient (Wildman–Crippen LogP) is 2.63. The average Bonchev–Trinajstić information content (AvgIpc) is 2.43. The van der Waals surface area contributed by atoms with Crippen LogP contribution in [0, 0.1) is 11.8 Å². The third-order valence-corrected chi connectivity index (χ3v) is 4.39. The molecular formula is C16H26N2O. The van der Waals surface area contributed by atoms with E-state index in [0.717, 1.165) is 24.1 Å². The highest BCUT2D eigenvalue weighted by Gasteiger charge is 2.23. The molecule has 0 aliphatic carbocycles. The minimum atomic E-state index is 0.588. The Morgan fingerprint density at radius 2 is 2.11 bits per heavy atom. The summed E-state index contributed by atoms with van der Waals surface area (Å²) >= 11 is 0. The Labute approximate surface area is 116 Å². The fourth-order valence-electron chi connectivity index (χ4n) is 2.82. The molecule has 19 heavy (non-hydrogen) atoms. The third-order valence-electron chi connectivity index (χ3n) is 4.39. The number of nitrogens with two attached hydrogens (primary N) is 1. The molecule has 0 spiro atoms. The molecule has 1 aromatic rings. The highest BCUT2D eigenvalue weighted by atomic mass is 16.5. The van der Waals surface area contributed by atoms with Crippen molar-refractivity contribution in [3.05, 3.63) is 29.3 Å². The number of nitrogens with zero attached hydrogens (tertiary/aromatic N) is 1. The second-order valence-corrected chi connectivity index (χ2v) is 5.83. The highest BCUT2D eigenvalue weighted by Crippen LogP contribution is 2.27. The summed E-state index contributed by atoms with van der Waals surface area (Å²) in [5, 5.41) is 0. The summed E-state index contributed by atoms with van der Waals surface area (Å²) in [6.45, 7) is 8.62. The molecule has 0 bridgehead atoms. The Balaban J connectivity index is 2.09. The Hall–Kier alpha value is -1.06. The molecule has 0 radical (unpaired) electrons. The first-order valence-electron chi connectivity index (χ1n) is 7.22. The first-order valence-corrected chi connectivity index (χ1v) is 7.22. The van der Waals surface area contributed by atoms with Crippen molar-refractivity contribution in [1.29, 1.82) is 0 Å². The third kappa shape index (κ3) is 3.48. The van der Waals surface area contributed by atoms with Crippen LogP contribution in [0.5, 0.6) is 5.75 Å². The van der Waals surface area contributed by atoms with Crippen molar-refractivity contribution >= 4 is 0 Å². The molecule has 1 aliphatic rings. The molecule has 1 heterocycles. The Morgan fingerprint density at radius 1 is 1.32 bits per heavy atom. The van der Waals surface area contributed by atoms with Crippen LogP contribution in [-0.2, 0) is 13.1 Å². The van der Waals surface area contributed by atoms with E-state index in [0.29, 0.717) is 6.54 Å². The van der Waals surface area contributed by atoms with Crippen molar-refractivity contribution in [2.45, 2.75) is 33.4 Å². The molecule has 1 saturated heterocycles. The maximum absolute atomic E-state index is 5.73. The normalized spacial score (nSPS) is 24.4. The van der Waals surface area contributed by atoms with E-state index in [2.05, 4.69) is 24.8 Å². The SMILES string of the molecule is COc1ccc(CN)cc1CN1CCC(C)C(C)C1. The Morgan fingerprint density at radius 3 is 2.74 bits per heavy atom. The maximum atomic E-state index is 5.73. The van der Waals surface area contributed by atoms with Gasteiger partial charge in [0.2, 0.25) is 0 Å². The fraction of sp³-hybridized carbons (Fsp3) is 0.625. The highest BCUT2D eigenvalue weighted by molar-refractivity contribution is 5.37. The molecule has 0 amide bonds. The summed E-state index contributed by atoms with van der Waals surface area (Å²) in [6, 6.07) is 6.26. The van der Waals surface area contributed by atoms with Crippen molar-refractivity contribution < 1.29 is 4.74 Å². The van der Waals surface area contributed by atoms with Gasteiger partial charge in [0, 0.05) is 25.2 Å². The number of piperidine rings is 1. The molecule has 0 aromatic heterocycles. The van der Waals surface area contributed by atoms with E-state index in [1.54, 1.807) is 7.11 Å². The lowest BCUT2D eigenvalue weighted by Gasteiger charge is -2.35. The van der Waals surface area contributed by atoms with Gasteiger partial charge in [-0.25, -0.2) is 0 Å². The van der Waals surface area contributed by atoms with Gasteiger partial charge >= 0.3 is 0 Å². The number of hydrogen-bond donors (Lipinski definition) is 1. The minimum absolute atomic E-state index is 0.588. The van der Waals surface area contributed by atoms with Crippen molar-refractivity contribution in [2.24, 2.45) is 17.6 Å². The van der Waals surface area contributed by atoms with Crippen LogP contribution in [0.3, 0.4) is 0 Å². The van der Waals surface area contributed by atoms with Crippen molar-refractivity contribution in [3.8, 4) is 5.75 Å². The van der Waals surface area contributed by atoms with Crippen LogP contribution in [0.15, 0.2) is 18.2 Å². The van der Waals surface area contributed by atoms with Crippen LogP contribution in [0.25, 0.3) is 0 Å². The van der Waals surface area contributed by atoms with Gasteiger partial charge in [-0.3, -0.25) is 4.90 Å². The topological polar surface area (TPSA) is 38.5 Å². The number of rotatable bonds is 4. The van der Waals surface area contributed by atoms with Crippen LogP contribution in [0.4, 0.5) is 0 Å². The predicted molar refractivity (Wildman–Crippen MR) is 79.1 cm³/mol. The summed E-state index contributed by atoms with van der Waals surface area (Å²) in [7, 11) is 1.74. The Bertz CT molecular complexity index is 419. The molecule has 2 rings (SSSR count). The van der Waals surface area contributed by atoms with Gasteiger partial charge in [0.25, 0.3) is 0 Å². The lowest BCUT2D eigenvalue weighted by Crippen LogP contribution is -2.37. The van der Waals surface area contributed by atoms with Gasteiger partial charge in [0.1, 0.15) is 5.75 Å².